The molecule has 1 unspecified atom stereocenters. The maximum Gasteiger partial charge on any atom is 0.0449 e. The Morgan fingerprint density at radius 2 is 1.80 bits per heavy atom. The highest BCUT2D eigenvalue weighted by Crippen LogP contribution is 2.20. The maximum absolute atomic E-state index is 3.65. The summed E-state index contributed by atoms with van der Waals surface area (Å²) in [6.07, 6.45) is 3.83. The van der Waals surface area contributed by atoms with E-state index in [2.05, 4.69) is 55.3 Å². The van der Waals surface area contributed by atoms with Crippen molar-refractivity contribution in [2.45, 2.75) is 46.1 Å². The van der Waals surface area contributed by atoms with Crippen LogP contribution in [-0.4, -0.2) is 31.1 Å². The van der Waals surface area contributed by atoms with Crippen LogP contribution in [0.3, 0.4) is 0 Å². The molecule has 0 aliphatic carbocycles. The van der Waals surface area contributed by atoms with Gasteiger partial charge in [-0.05, 0) is 55.9 Å². The van der Waals surface area contributed by atoms with Gasteiger partial charge in [0.15, 0.2) is 0 Å². The van der Waals surface area contributed by atoms with Gasteiger partial charge >= 0.3 is 0 Å². The summed E-state index contributed by atoms with van der Waals surface area (Å²) in [5.41, 5.74) is 2.86. The van der Waals surface area contributed by atoms with Gasteiger partial charge in [0.2, 0.25) is 0 Å². The molecule has 1 aliphatic heterocycles. The Hall–Kier alpha value is -0.860. The molecule has 1 atom stereocenters. The fourth-order valence-electron chi connectivity index (χ4n) is 3.02. The van der Waals surface area contributed by atoms with E-state index >= 15 is 0 Å². The third-order valence-electron chi connectivity index (χ3n) is 4.56. The van der Waals surface area contributed by atoms with Crippen LogP contribution in [0.1, 0.15) is 50.8 Å². The number of aryl methyl sites for hydroxylation is 1. The van der Waals surface area contributed by atoms with E-state index < -0.39 is 0 Å². The molecule has 0 spiro atoms. The number of benzene rings is 1. The van der Waals surface area contributed by atoms with Gasteiger partial charge in [0, 0.05) is 12.6 Å². The summed E-state index contributed by atoms with van der Waals surface area (Å²) >= 11 is 0. The molecule has 0 aromatic heterocycles. The van der Waals surface area contributed by atoms with Gasteiger partial charge in [-0.2, -0.15) is 0 Å². The monoisotopic (exact) mass is 274 g/mol. The standard InChI is InChI=1S/C18H30N2/c1-4-16-6-8-17(9-7-16)18(19-5-2)14-20-12-10-15(3)11-13-20/h6-9,15,18-19H,4-5,10-14H2,1-3H3. The first kappa shape index (κ1) is 15.5. The number of likely N-dealkylation sites (tertiary alicyclic amines) is 1. The Morgan fingerprint density at radius 1 is 1.15 bits per heavy atom. The smallest absolute Gasteiger partial charge is 0.0449 e. The average molecular weight is 274 g/mol. The second-order valence-electron chi connectivity index (χ2n) is 6.19. The summed E-state index contributed by atoms with van der Waals surface area (Å²) in [4.78, 5) is 2.63. The number of hydrogen-bond donors (Lipinski definition) is 1. The highest BCUT2D eigenvalue weighted by molar-refractivity contribution is 5.25. The fraction of sp³-hybridized carbons (Fsp3) is 0.667. The van der Waals surface area contributed by atoms with Crippen molar-refractivity contribution >= 4 is 0 Å². The number of nitrogens with zero attached hydrogens (tertiary/aromatic N) is 1. The minimum Gasteiger partial charge on any atom is -0.309 e. The van der Waals surface area contributed by atoms with E-state index in [1.54, 1.807) is 0 Å². The van der Waals surface area contributed by atoms with E-state index in [4.69, 9.17) is 0 Å². The molecule has 2 rings (SSSR count). The average Bonchev–Trinajstić information content (AvgIpc) is 2.49. The quantitative estimate of drug-likeness (QED) is 0.852. The van der Waals surface area contributed by atoms with Crippen LogP contribution >= 0.6 is 0 Å². The number of nitrogens with one attached hydrogen (secondary N) is 1. The van der Waals surface area contributed by atoms with Crippen molar-refractivity contribution in [3.8, 4) is 0 Å². The first-order valence-electron chi connectivity index (χ1n) is 8.27. The van der Waals surface area contributed by atoms with E-state index in [9.17, 15) is 0 Å². The van der Waals surface area contributed by atoms with Crippen LogP contribution in [0.25, 0.3) is 0 Å². The van der Waals surface area contributed by atoms with Crippen molar-refractivity contribution in [3.63, 3.8) is 0 Å². The number of piperidine rings is 1. The van der Waals surface area contributed by atoms with Gasteiger partial charge in [-0.1, -0.05) is 45.0 Å². The maximum atomic E-state index is 3.65. The molecule has 1 aromatic rings. The molecule has 1 saturated heterocycles. The number of rotatable bonds is 6. The van der Waals surface area contributed by atoms with E-state index in [1.807, 2.05) is 0 Å². The lowest BCUT2D eigenvalue weighted by atomic mass is 9.97. The van der Waals surface area contributed by atoms with Gasteiger partial charge in [-0.3, -0.25) is 0 Å². The molecule has 0 radical (unpaired) electrons. The fourth-order valence-corrected chi connectivity index (χ4v) is 3.02. The molecule has 1 N–H and O–H groups in total. The summed E-state index contributed by atoms with van der Waals surface area (Å²) in [5, 5.41) is 3.65. The predicted octanol–water partition coefficient (Wildman–Crippen LogP) is 3.63. The molecule has 20 heavy (non-hydrogen) atoms. The second kappa shape index (κ2) is 7.80. The van der Waals surface area contributed by atoms with E-state index in [0.717, 1.165) is 25.4 Å². The predicted molar refractivity (Wildman–Crippen MR) is 87.1 cm³/mol. The lowest BCUT2D eigenvalue weighted by Gasteiger charge is -2.33. The topological polar surface area (TPSA) is 15.3 Å². The Kier molecular flexibility index (Phi) is 6.06. The Morgan fingerprint density at radius 3 is 2.35 bits per heavy atom. The van der Waals surface area contributed by atoms with Crippen molar-refractivity contribution in [2.24, 2.45) is 5.92 Å². The van der Waals surface area contributed by atoms with Gasteiger partial charge in [0.05, 0.1) is 0 Å². The van der Waals surface area contributed by atoms with Gasteiger partial charge in [-0.15, -0.1) is 0 Å². The highest BCUT2D eigenvalue weighted by atomic mass is 15.2. The largest absolute Gasteiger partial charge is 0.309 e. The van der Waals surface area contributed by atoms with E-state index in [-0.39, 0.29) is 0 Å². The first-order valence-corrected chi connectivity index (χ1v) is 8.27. The van der Waals surface area contributed by atoms with E-state index in [1.165, 1.54) is 37.1 Å². The Balaban J connectivity index is 1.98. The molecule has 0 amide bonds. The lowest BCUT2D eigenvalue weighted by Crippen LogP contribution is -2.39. The molecule has 1 aliphatic rings. The van der Waals surface area contributed by atoms with Crippen LogP contribution in [0.5, 0.6) is 0 Å². The van der Waals surface area contributed by atoms with Crippen LogP contribution in [0.2, 0.25) is 0 Å². The SMILES string of the molecule is CCNC(CN1CCC(C)CC1)c1ccc(CC)cc1. The lowest BCUT2D eigenvalue weighted by molar-refractivity contribution is 0.175. The van der Waals surface area contributed by atoms with Crippen molar-refractivity contribution in [1.29, 1.82) is 0 Å². The van der Waals surface area contributed by atoms with E-state index in [0.29, 0.717) is 6.04 Å². The molecule has 2 nitrogen and oxygen atoms in total. The zero-order valence-electron chi connectivity index (χ0n) is 13.4. The molecular weight excluding hydrogens is 244 g/mol. The second-order valence-corrected chi connectivity index (χ2v) is 6.19. The van der Waals surface area contributed by atoms with Crippen LogP contribution < -0.4 is 5.32 Å². The highest BCUT2D eigenvalue weighted by Gasteiger charge is 2.19. The van der Waals surface area contributed by atoms with Crippen molar-refractivity contribution < 1.29 is 0 Å². The molecule has 2 heteroatoms. The van der Waals surface area contributed by atoms with Crippen LogP contribution in [0.15, 0.2) is 24.3 Å². The van der Waals surface area contributed by atoms with Gasteiger partial charge in [0.1, 0.15) is 0 Å². The Bertz CT molecular complexity index is 377. The number of likely N-dealkylation sites (N-methyl/N-ethyl adjacent to an activating group) is 1. The molecule has 0 saturated carbocycles. The molecule has 1 aromatic carbocycles. The van der Waals surface area contributed by atoms with Crippen LogP contribution in [0, 0.1) is 5.92 Å². The van der Waals surface area contributed by atoms with Crippen molar-refractivity contribution in [3.05, 3.63) is 35.4 Å². The van der Waals surface area contributed by atoms with Gasteiger partial charge in [0.25, 0.3) is 0 Å². The summed E-state index contributed by atoms with van der Waals surface area (Å²) in [5.74, 6) is 0.910. The van der Waals surface area contributed by atoms with Crippen LogP contribution in [-0.2, 0) is 6.42 Å². The minimum atomic E-state index is 0.472. The number of hydrogen-bond acceptors (Lipinski definition) is 2. The van der Waals surface area contributed by atoms with Crippen LogP contribution in [0.4, 0.5) is 0 Å². The third kappa shape index (κ3) is 4.32. The normalized spacial score (nSPS) is 19.1. The molecule has 0 bridgehead atoms. The minimum absolute atomic E-state index is 0.472. The van der Waals surface area contributed by atoms with Gasteiger partial charge in [-0.25, -0.2) is 0 Å². The first-order chi connectivity index (χ1) is 9.72. The summed E-state index contributed by atoms with van der Waals surface area (Å²) in [6.45, 7) is 11.5. The Labute approximate surface area is 124 Å². The van der Waals surface area contributed by atoms with Gasteiger partial charge < -0.3 is 10.2 Å². The van der Waals surface area contributed by atoms with Crippen molar-refractivity contribution in [2.75, 3.05) is 26.2 Å². The zero-order chi connectivity index (χ0) is 14.4. The third-order valence-corrected chi connectivity index (χ3v) is 4.56. The summed E-state index contributed by atoms with van der Waals surface area (Å²) in [6, 6.07) is 9.63. The summed E-state index contributed by atoms with van der Waals surface area (Å²) in [7, 11) is 0. The zero-order valence-corrected chi connectivity index (χ0v) is 13.4. The molecular formula is C18H30N2. The summed E-state index contributed by atoms with van der Waals surface area (Å²) < 4.78 is 0. The molecule has 112 valence electrons. The molecule has 1 fully saturated rings. The molecule has 1 heterocycles. The van der Waals surface area contributed by atoms with Crippen molar-refractivity contribution in [1.82, 2.24) is 10.2 Å².